The van der Waals surface area contributed by atoms with Gasteiger partial charge in [0.05, 0.1) is 30.3 Å². The van der Waals surface area contributed by atoms with Crippen LogP contribution in [0.5, 0.6) is 11.5 Å². The summed E-state index contributed by atoms with van der Waals surface area (Å²) in [4.78, 5) is 7.39. The maximum absolute atomic E-state index is 6.12. The van der Waals surface area contributed by atoms with Crippen LogP contribution in [0.3, 0.4) is 0 Å². The Hall–Kier alpha value is -3.15. The van der Waals surface area contributed by atoms with Crippen LogP contribution >= 0.6 is 0 Å². The molecule has 0 saturated carbocycles. The Morgan fingerprint density at radius 2 is 1.91 bits per heavy atom. The van der Waals surface area contributed by atoms with E-state index in [-0.39, 0.29) is 11.6 Å². The van der Waals surface area contributed by atoms with Crippen molar-refractivity contribution in [2.45, 2.75) is 59.1 Å². The van der Waals surface area contributed by atoms with E-state index in [4.69, 9.17) is 14.5 Å². The molecular formula is C27H36N4O2. The van der Waals surface area contributed by atoms with Crippen LogP contribution in [-0.4, -0.2) is 44.8 Å². The van der Waals surface area contributed by atoms with Gasteiger partial charge in [0.15, 0.2) is 11.5 Å². The van der Waals surface area contributed by atoms with E-state index >= 15 is 0 Å². The molecule has 0 spiro atoms. The van der Waals surface area contributed by atoms with E-state index in [1.54, 1.807) is 7.11 Å². The maximum atomic E-state index is 6.12. The first kappa shape index (κ1) is 23.0. The van der Waals surface area contributed by atoms with Crippen molar-refractivity contribution < 1.29 is 9.47 Å². The number of ether oxygens (including phenoxy) is 2. The number of imidazole rings is 1. The number of hydrogen-bond acceptors (Lipinski definition) is 4. The third-order valence-electron chi connectivity index (χ3n) is 6.35. The quantitative estimate of drug-likeness (QED) is 0.501. The Morgan fingerprint density at radius 1 is 1.18 bits per heavy atom. The van der Waals surface area contributed by atoms with Crippen molar-refractivity contribution in [2.75, 3.05) is 14.2 Å². The van der Waals surface area contributed by atoms with Gasteiger partial charge in [-0.1, -0.05) is 6.58 Å². The number of aromatic nitrogens is 3. The van der Waals surface area contributed by atoms with Crippen LogP contribution in [0.4, 0.5) is 0 Å². The largest absolute Gasteiger partial charge is 0.493 e. The molecule has 0 fully saturated rings. The fourth-order valence-corrected chi connectivity index (χ4v) is 4.33. The lowest BCUT2D eigenvalue weighted by Crippen LogP contribution is -2.36. The van der Waals surface area contributed by atoms with Crippen molar-refractivity contribution in [3.05, 3.63) is 54.1 Å². The molecule has 0 radical (unpaired) electrons. The predicted octanol–water partition coefficient (Wildman–Crippen LogP) is 5.47. The molecule has 2 aromatic heterocycles. The molecule has 3 heterocycles. The molecule has 1 aliphatic rings. The molecule has 0 N–H and O–H groups in total. The van der Waals surface area contributed by atoms with Crippen LogP contribution in [-0.2, 0) is 19.9 Å². The molecule has 4 rings (SSSR count). The lowest BCUT2D eigenvalue weighted by molar-refractivity contribution is 0.230. The second-order valence-corrected chi connectivity index (χ2v) is 10.1. The van der Waals surface area contributed by atoms with Crippen molar-refractivity contribution >= 4 is 5.70 Å². The molecule has 176 valence electrons. The average Bonchev–Trinajstić information content (AvgIpc) is 3.34. The highest BCUT2D eigenvalue weighted by molar-refractivity contribution is 5.71. The topological polar surface area (TPSA) is 44.5 Å². The third kappa shape index (κ3) is 4.14. The number of aryl methyl sites for hydroxylation is 2. The van der Waals surface area contributed by atoms with Gasteiger partial charge in [-0.05, 0) is 65.2 Å². The molecule has 33 heavy (non-hydrogen) atoms. The van der Waals surface area contributed by atoms with Crippen molar-refractivity contribution in [2.24, 2.45) is 7.05 Å². The lowest BCUT2D eigenvalue weighted by Gasteiger charge is -2.35. The molecule has 0 amide bonds. The predicted molar refractivity (Wildman–Crippen MR) is 134 cm³/mol. The smallest absolute Gasteiger partial charge is 0.163 e. The van der Waals surface area contributed by atoms with E-state index in [0.29, 0.717) is 0 Å². The normalized spacial score (nSPS) is 13.0. The number of fused-ring (bicyclic) bond motifs is 3. The van der Waals surface area contributed by atoms with Gasteiger partial charge in [-0.2, -0.15) is 0 Å². The molecule has 0 bridgehead atoms. The van der Waals surface area contributed by atoms with Crippen molar-refractivity contribution in [1.82, 2.24) is 19.0 Å². The van der Waals surface area contributed by atoms with Gasteiger partial charge in [0, 0.05) is 43.7 Å². The van der Waals surface area contributed by atoms with E-state index in [9.17, 15) is 0 Å². The number of nitrogens with zero attached hydrogens (tertiary/aromatic N) is 4. The molecule has 1 aromatic carbocycles. The SMILES string of the molecule is C=C(c1nc(-c2ccn(C)c2)n2c1CCc1cc(OC)c(OC(C)C)cc1-2)N(C)C(C)(C)C. The fourth-order valence-electron chi connectivity index (χ4n) is 4.33. The zero-order valence-electron chi connectivity index (χ0n) is 21.2. The minimum Gasteiger partial charge on any atom is -0.493 e. The zero-order valence-corrected chi connectivity index (χ0v) is 21.2. The summed E-state index contributed by atoms with van der Waals surface area (Å²) >= 11 is 0. The second-order valence-electron chi connectivity index (χ2n) is 10.1. The number of hydrogen-bond donors (Lipinski definition) is 0. The molecule has 0 unspecified atom stereocenters. The van der Waals surface area contributed by atoms with Crippen molar-refractivity contribution in [3.63, 3.8) is 0 Å². The average molecular weight is 449 g/mol. The summed E-state index contributed by atoms with van der Waals surface area (Å²) in [6.07, 6.45) is 6.00. The molecular weight excluding hydrogens is 412 g/mol. The zero-order chi connectivity index (χ0) is 24.1. The second kappa shape index (κ2) is 8.32. The standard InChI is InChI=1S/C27H36N4O2/c1-17(2)33-24-15-22-19(14-23(24)32-9)10-11-21-25(18(3)30(8)27(4,5)6)28-26(31(21)22)20-12-13-29(7)16-20/h12-17H,3,10-11H2,1-2,4-9H3. The minimum atomic E-state index is -0.0568. The highest BCUT2D eigenvalue weighted by atomic mass is 16.5. The molecule has 0 aliphatic carbocycles. The van der Waals surface area contributed by atoms with Crippen LogP contribution in [0.15, 0.2) is 37.2 Å². The first-order chi connectivity index (χ1) is 15.5. The monoisotopic (exact) mass is 448 g/mol. The number of benzene rings is 1. The van der Waals surface area contributed by atoms with Crippen molar-refractivity contribution in [3.8, 4) is 28.6 Å². The lowest BCUT2D eigenvalue weighted by atomic mass is 9.98. The highest BCUT2D eigenvalue weighted by Crippen LogP contribution is 2.41. The Bertz CT molecular complexity index is 1190. The van der Waals surface area contributed by atoms with E-state index in [1.165, 1.54) is 11.3 Å². The van der Waals surface area contributed by atoms with Gasteiger partial charge >= 0.3 is 0 Å². The summed E-state index contributed by atoms with van der Waals surface area (Å²) in [5.74, 6) is 2.44. The Labute approximate surface area is 197 Å². The van der Waals surface area contributed by atoms with Gasteiger partial charge in [-0.3, -0.25) is 4.57 Å². The van der Waals surface area contributed by atoms with Crippen LogP contribution in [0.25, 0.3) is 22.8 Å². The number of rotatable bonds is 6. The van der Waals surface area contributed by atoms with Crippen molar-refractivity contribution in [1.29, 1.82) is 0 Å². The summed E-state index contributed by atoms with van der Waals surface area (Å²) in [7, 11) is 5.82. The highest BCUT2D eigenvalue weighted by Gasteiger charge is 2.30. The maximum Gasteiger partial charge on any atom is 0.163 e. The number of methoxy groups -OCH3 is 1. The van der Waals surface area contributed by atoms with E-state index in [0.717, 1.165) is 52.8 Å². The van der Waals surface area contributed by atoms with E-state index in [1.807, 2.05) is 20.9 Å². The van der Waals surface area contributed by atoms with Gasteiger partial charge < -0.3 is 18.9 Å². The van der Waals surface area contributed by atoms with Gasteiger partial charge in [0.25, 0.3) is 0 Å². The van der Waals surface area contributed by atoms with Crippen LogP contribution in [0, 0.1) is 0 Å². The molecule has 0 atom stereocenters. The van der Waals surface area contributed by atoms with Gasteiger partial charge in [0.1, 0.15) is 11.5 Å². The molecule has 0 saturated heterocycles. The van der Waals surface area contributed by atoms with Crippen LogP contribution < -0.4 is 9.47 Å². The summed E-state index contributed by atoms with van der Waals surface area (Å²) in [6, 6.07) is 6.32. The Balaban J connectivity index is 1.95. The molecule has 1 aliphatic heterocycles. The first-order valence-corrected chi connectivity index (χ1v) is 11.6. The minimum absolute atomic E-state index is 0.0483. The first-order valence-electron chi connectivity index (χ1n) is 11.6. The third-order valence-corrected chi connectivity index (χ3v) is 6.35. The Morgan fingerprint density at radius 3 is 2.48 bits per heavy atom. The van der Waals surface area contributed by atoms with E-state index < -0.39 is 0 Å². The Kier molecular flexibility index (Phi) is 5.81. The van der Waals surface area contributed by atoms with Crippen LogP contribution in [0.1, 0.15) is 51.6 Å². The molecule has 3 aromatic rings. The van der Waals surface area contributed by atoms with Gasteiger partial charge in [-0.15, -0.1) is 0 Å². The summed E-state index contributed by atoms with van der Waals surface area (Å²) in [5, 5.41) is 0. The van der Waals surface area contributed by atoms with E-state index in [2.05, 4.69) is 79.0 Å². The fraction of sp³-hybridized carbons (Fsp3) is 0.444. The van der Waals surface area contributed by atoms with Gasteiger partial charge in [-0.25, -0.2) is 4.98 Å². The van der Waals surface area contributed by atoms with Crippen LogP contribution in [0.2, 0.25) is 0 Å². The molecule has 6 nitrogen and oxygen atoms in total. The summed E-state index contributed by atoms with van der Waals surface area (Å²) < 4.78 is 16.1. The summed E-state index contributed by atoms with van der Waals surface area (Å²) in [6.45, 7) is 15.1. The molecule has 6 heteroatoms. The van der Waals surface area contributed by atoms with Gasteiger partial charge in [0.2, 0.25) is 0 Å². The summed E-state index contributed by atoms with van der Waals surface area (Å²) in [5.41, 5.74) is 6.42.